The van der Waals surface area contributed by atoms with Gasteiger partial charge in [0.2, 0.25) is 0 Å². The molecule has 1 aliphatic rings. The van der Waals surface area contributed by atoms with Crippen LogP contribution in [0.25, 0.3) is 11.1 Å². The zero-order valence-electron chi connectivity index (χ0n) is 11.6. The zero-order valence-corrected chi connectivity index (χ0v) is 12.4. The average molecular weight is 296 g/mol. The number of benzene rings is 2. The second kappa shape index (κ2) is 5.45. The highest BCUT2D eigenvalue weighted by Gasteiger charge is 2.19. The van der Waals surface area contributed by atoms with Crippen LogP contribution in [0.3, 0.4) is 0 Å². The molecule has 2 heterocycles. The number of anilines is 1. The number of para-hydroxylation sites is 3. The molecule has 0 fully saturated rings. The maximum absolute atomic E-state index is 5.81. The highest BCUT2D eigenvalue weighted by Crippen LogP contribution is 2.31. The lowest BCUT2D eigenvalue weighted by molar-refractivity contribution is 0.487. The van der Waals surface area contributed by atoms with E-state index in [0.717, 1.165) is 35.7 Å². The van der Waals surface area contributed by atoms with Gasteiger partial charge in [-0.15, -0.1) is 0 Å². The van der Waals surface area contributed by atoms with Gasteiger partial charge in [0.05, 0.1) is 0 Å². The maximum Gasteiger partial charge on any atom is 0.257 e. The number of oxazole rings is 1. The van der Waals surface area contributed by atoms with Gasteiger partial charge in [0.1, 0.15) is 5.52 Å². The van der Waals surface area contributed by atoms with Crippen molar-refractivity contribution >= 4 is 28.5 Å². The summed E-state index contributed by atoms with van der Waals surface area (Å²) in [6.45, 7) is 0.945. The fourth-order valence-corrected chi connectivity index (χ4v) is 3.67. The van der Waals surface area contributed by atoms with Crippen molar-refractivity contribution in [1.29, 1.82) is 0 Å². The van der Waals surface area contributed by atoms with Gasteiger partial charge >= 0.3 is 0 Å². The number of hydrogen-bond donors (Lipinski definition) is 1. The van der Waals surface area contributed by atoms with E-state index in [4.69, 9.17) is 4.42 Å². The highest BCUT2D eigenvalue weighted by molar-refractivity contribution is 7.99. The molecular weight excluding hydrogens is 280 g/mol. The van der Waals surface area contributed by atoms with Crippen LogP contribution >= 0.6 is 11.8 Å². The monoisotopic (exact) mass is 296 g/mol. The van der Waals surface area contributed by atoms with Gasteiger partial charge in [-0.25, -0.2) is 4.98 Å². The summed E-state index contributed by atoms with van der Waals surface area (Å²) in [5, 5.41) is 4.79. The smallest absolute Gasteiger partial charge is 0.257 e. The molecule has 21 heavy (non-hydrogen) atoms. The normalized spacial score (nSPS) is 18.0. The van der Waals surface area contributed by atoms with E-state index in [9.17, 15) is 0 Å². The summed E-state index contributed by atoms with van der Waals surface area (Å²) in [5.41, 5.74) is 4.46. The van der Waals surface area contributed by atoms with E-state index in [1.807, 2.05) is 24.3 Å². The fraction of sp³-hybridized carbons (Fsp3) is 0.235. The molecule has 1 aliphatic heterocycles. The van der Waals surface area contributed by atoms with E-state index in [0.29, 0.717) is 5.25 Å². The number of aromatic nitrogens is 1. The Balaban J connectivity index is 1.51. The van der Waals surface area contributed by atoms with E-state index < -0.39 is 0 Å². The number of nitrogens with zero attached hydrogens (tertiary/aromatic N) is 1. The third kappa shape index (κ3) is 2.63. The van der Waals surface area contributed by atoms with Gasteiger partial charge in [0.15, 0.2) is 5.58 Å². The van der Waals surface area contributed by atoms with Crippen molar-refractivity contribution in [2.45, 2.75) is 23.3 Å². The van der Waals surface area contributed by atoms with Crippen LogP contribution < -0.4 is 5.32 Å². The first kappa shape index (κ1) is 12.8. The SMILES string of the molecule is c1ccc2c(c1)CCC(Sc1nc3ccccc3o1)CN2. The Labute approximate surface area is 127 Å². The van der Waals surface area contributed by atoms with E-state index in [2.05, 4.69) is 34.6 Å². The largest absolute Gasteiger partial charge is 0.431 e. The summed E-state index contributed by atoms with van der Waals surface area (Å²) in [4.78, 5) is 4.56. The minimum absolute atomic E-state index is 0.477. The number of aryl methyl sites for hydroxylation is 1. The van der Waals surface area contributed by atoms with Crippen molar-refractivity contribution in [1.82, 2.24) is 4.98 Å². The summed E-state index contributed by atoms with van der Waals surface area (Å²) in [6.07, 6.45) is 2.23. The van der Waals surface area contributed by atoms with Gasteiger partial charge in [-0.05, 0) is 36.6 Å². The molecule has 0 bridgehead atoms. The summed E-state index contributed by atoms with van der Waals surface area (Å²) >= 11 is 1.73. The molecule has 1 atom stereocenters. The Morgan fingerprint density at radius 2 is 1.95 bits per heavy atom. The summed E-state index contributed by atoms with van der Waals surface area (Å²) in [6, 6.07) is 16.5. The summed E-state index contributed by atoms with van der Waals surface area (Å²) in [7, 11) is 0. The molecule has 3 nitrogen and oxygen atoms in total. The highest BCUT2D eigenvalue weighted by atomic mass is 32.2. The third-order valence-corrected chi connectivity index (χ3v) is 4.93. The first-order valence-electron chi connectivity index (χ1n) is 7.22. The van der Waals surface area contributed by atoms with Gasteiger partial charge in [-0.1, -0.05) is 42.1 Å². The van der Waals surface area contributed by atoms with Crippen LogP contribution in [0.2, 0.25) is 0 Å². The predicted molar refractivity (Wildman–Crippen MR) is 86.9 cm³/mol. The minimum atomic E-state index is 0.477. The van der Waals surface area contributed by atoms with Crippen LogP contribution in [0.1, 0.15) is 12.0 Å². The van der Waals surface area contributed by atoms with Gasteiger partial charge in [-0.2, -0.15) is 0 Å². The van der Waals surface area contributed by atoms with Gasteiger partial charge in [0.25, 0.3) is 5.22 Å². The number of hydrogen-bond acceptors (Lipinski definition) is 4. The van der Waals surface area contributed by atoms with E-state index in [-0.39, 0.29) is 0 Å². The van der Waals surface area contributed by atoms with Crippen LogP contribution in [0.4, 0.5) is 5.69 Å². The minimum Gasteiger partial charge on any atom is -0.431 e. The molecular formula is C17H16N2OS. The molecule has 1 N–H and O–H groups in total. The number of rotatable bonds is 2. The van der Waals surface area contributed by atoms with Crippen molar-refractivity contribution in [3.05, 3.63) is 54.1 Å². The van der Waals surface area contributed by atoms with Crippen molar-refractivity contribution in [2.75, 3.05) is 11.9 Å². The molecule has 1 aromatic heterocycles. The second-order valence-corrected chi connectivity index (χ2v) is 6.52. The molecule has 0 radical (unpaired) electrons. The molecule has 0 saturated heterocycles. The van der Waals surface area contributed by atoms with Gasteiger partial charge in [-0.3, -0.25) is 0 Å². The number of fused-ring (bicyclic) bond motifs is 2. The Hall–Kier alpha value is -1.94. The lowest BCUT2D eigenvalue weighted by atomic mass is 10.1. The van der Waals surface area contributed by atoms with E-state index >= 15 is 0 Å². The van der Waals surface area contributed by atoms with Crippen LogP contribution in [-0.2, 0) is 6.42 Å². The molecule has 1 unspecified atom stereocenters. The zero-order chi connectivity index (χ0) is 14.1. The molecule has 0 saturated carbocycles. The van der Waals surface area contributed by atoms with E-state index in [1.165, 1.54) is 11.3 Å². The second-order valence-electron chi connectivity index (χ2n) is 5.26. The number of thioether (sulfide) groups is 1. The van der Waals surface area contributed by atoms with Crippen LogP contribution in [0, 0.1) is 0 Å². The molecule has 3 aromatic rings. The van der Waals surface area contributed by atoms with Crippen molar-refractivity contribution in [2.24, 2.45) is 0 Å². The molecule has 0 spiro atoms. The van der Waals surface area contributed by atoms with Crippen molar-refractivity contribution in [3.63, 3.8) is 0 Å². The Kier molecular flexibility index (Phi) is 3.31. The first-order valence-corrected chi connectivity index (χ1v) is 8.10. The Morgan fingerprint density at radius 3 is 2.90 bits per heavy atom. The predicted octanol–water partition coefficient (Wildman–Crippen LogP) is 4.35. The molecule has 4 heteroatoms. The van der Waals surface area contributed by atoms with E-state index in [1.54, 1.807) is 11.8 Å². The van der Waals surface area contributed by atoms with Crippen LogP contribution in [-0.4, -0.2) is 16.8 Å². The molecule has 0 amide bonds. The third-order valence-electron chi connectivity index (χ3n) is 3.81. The average Bonchev–Trinajstić information content (AvgIpc) is 2.81. The first-order chi connectivity index (χ1) is 10.4. The summed E-state index contributed by atoms with van der Waals surface area (Å²) < 4.78 is 5.81. The van der Waals surface area contributed by atoms with Gasteiger partial charge in [0, 0.05) is 17.5 Å². The summed E-state index contributed by atoms with van der Waals surface area (Å²) in [5.74, 6) is 0. The standard InChI is InChI=1S/C17H16N2OS/c1-2-6-14-12(5-1)9-10-13(11-18-14)21-17-19-15-7-3-4-8-16(15)20-17/h1-8,13,18H,9-11H2. The lowest BCUT2D eigenvalue weighted by Gasteiger charge is -2.11. The lowest BCUT2D eigenvalue weighted by Crippen LogP contribution is -2.14. The Morgan fingerprint density at radius 1 is 1.10 bits per heavy atom. The Bertz CT molecular complexity index is 708. The molecule has 106 valence electrons. The van der Waals surface area contributed by atoms with Crippen LogP contribution in [0.15, 0.2) is 58.2 Å². The topological polar surface area (TPSA) is 38.1 Å². The van der Waals surface area contributed by atoms with Crippen molar-refractivity contribution < 1.29 is 4.42 Å². The fourth-order valence-electron chi connectivity index (χ4n) is 2.70. The molecule has 0 aliphatic carbocycles. The molecule has 2 aromatic carbocycles. The van der Waals surface area contributed by atoms with Gasteiger partial charge < -0.3 is 9.73 Å². The molecule has 4 rings (SSSR count). The quantitative estimate of drug-likeness (QED) is 0.763. The maximum atomic E-state index is 5.81. The van der Waals surface area contributed by atoms with Crippen molar-refractivity contribution in [3.8, 4) is 0 Å². The number of nitrogens with one attached hydrogen (secondary N) is 1. The van der Waals surface area contributed by atoms with Crippen LogP contribution in [0.5, 0.6) is 0 Å².